The zero-order valence-corrected chi connectivity index (χ0v) is 19.1. The number of hydrogen-bond acceptors (Lipinski definition) is 4. The maximum Gasteiger partial charge on any atom is 0.291 e. The van der Waals surface area contributed by atoms with E-state index in [0.29, 0.717) is 17.9 Å². The third kappa shape index (κ3) is 5.01. The largest absolute Gasteiger partial charge is 0.459 e. The standard InChI is InChI=1S/C27H25FN4O3/c28-19-10-14-21(15-11-19)32-23-6-3-1-2-5-22(23)25(31-32)27(34)29-17-18-8-12-20(13-9-18)30-26(33)24-7-4-16-35-24/h4,7-16H,1-3,5-6,17H2,(H,29,34)(H,30,33). The van der Waals surface area contributed by atoms with E-state index in [1.807, 2.05) is 12.1 Å². The maximum absolute atomic E-state index is 13.4. The van der Waals surface area contributed by atoms with Gasteiger partial charge in [0.1, 0.15) is 5.82 Å². The molecule has 4 aromatic rings. The molecule has 0 aliphatic heterocycles. The van der Waals surface area contributed by atoms with Crippen molar-refractivity contribution in [1.82, 2.24) is 15.1 Å². The quantitative estimate of drug-likeness (QED) is 0.384. The monoisotopic (exact) mass is 472 g/mol. The summed E-state index contributed by atoms with van der Waals surface area (Å²) in [4.78, 5) is 25.2. The third-order valence-corrected chi connectivity index (χ3v) is 6.13. The summed E-state index contributed by atoms with van der Waals surface area (Å²) < 4.78 is 20.3. The Hall–Kier alpha value is -4.20. The Kier molecular flexibility index (Phi) is 6.43. The fourth-order valence-electron chi connectivity index (χ4n) is 4.33. The van der Waals surface area contributed by atoms with Crippen LogP contribution >= 0.6 is 0 Å². The van der Waals surface area contributed by atoms with Crippen LogP contribution in [0.4, 0.5) is 10.1 Å². The first-order valence-corrected chi connectivity index (χ1v) is 11.7. The predicted molar refractivity (Wildman–Crippen MR) is 129 cm³/mol. The normalized spacial score (nSPS) is 13.1. The Bertz CT molecular complexity index is 1330. The van der Waals surface area contributed by atoms with E-state index >= 15 is 0 Å². The molecule has 8 heteroatoms. The molecule has 2 N–H and O–H groups in total. The van der Waals surface area contributed by atoms with Gasteiger partial charge in [0.2, 0.25) is 0 Å². The van der Waals surface area contributed by atoms with Crippen LogP contribution < -0.4 is 10.6 Å². The second kappa shape index (κ2) is 9.97. The number of aromatic nitrogens is 2. The second-order valence-corrected chi connectivity index (χ2v) is 8.53. The van der Waals surface area contributed by atoms with Crippen LogP contribution in [0.1, 0.15) is 57.1 Å². The number of nitrogens with zero attached hydrogens (tertiary/aromatic N) is 2. The average molecular weight is 473 g/mol. The van der Waals surface area contributed by atoms with Gasteiger partial charge < -0.3 is 15.1 Å². The van der Waals surface area contributed by atoms with E-state index in [-0.39, 0.29) is 23.4 Å². The van der Waals surface area contributed by atoms with E-state index in [9.17, 15) is 14.0 Å². The summed E-state index contributed by atoms with van der Waals surface area (Å²) in [6, 6.07) is 16.7. The number of carbonyl (C=O) groups is 2. The highest BCUT2D eigenvalue weighted by molar-refractivity contribution is 6.02. The summed E-state index contributed by atoms with van der Waals surface area (Å²) in [7, 11) is 0. The van der Waals surface area contributed by atoms with Crippen molar-refractivity contribution < 1.29 is 18.4 Å². The van der Waals surface area contributed by atoms with Crippen molar-refractivity contribution in [3.63, 3.8) is 0 Å². The molecule has 0 radical (unpaired) electrons. The molecular formula is C27H25FN4O3. The third-order valence-electron chi connectivity index (χ3n) is 6.13. The number of hydrogen-bond donors (Lipinski definition) is 2. The zero-order valence-electron chi connectivity index (χ0n) is 19.1. The number of carbonyl (C=O) groups excluding carboxylic acids is 2. The first-order valence-electron chi connectivity index (χ1n) is 11.7. The Labute approximate surface area is 202 Å². The summed E-state index contributed by atoms with van der Waals surface area (Å²) in [5, 5.41) is 10.4. The van der Waals surface area contributed by atoms with Gasteiger partial charge in [-0.1, -0.05) is 18.6 Å². The fraction of sp³-hybridized carbons (Fsp3) is 0.222. The minimum Gasteiger partial charge on any atom is -0.459 e. The lowest BCUT2D eigenvalue weighted by atomic mass is 10.1. The molecule has 0 bridgehead atoms. The zero-order chi connectivity index (χ0) is 24.2. The van der Waals surface area contributed by atoms with Crippen molar-refractivity contribution in [1.29, 1.82) is 0 Å². The number of anilines is 1. The smallest absolute Gasteiger partial charge is 0.291 e. The maximum atomic E-state index is 13.4. The van der Waals surface area contributed by atoms with Gasteiger partial charge in [0.25, 0.3) is 11.8 Å². The van der Waals surface area contributed by atoms with Crippen LogP contribution in [0, 0.1) is 5.82 Å². The molecule has 7 nitrogen and oxygen atoms in total. The summed E-state index contributed by atoms with van der Waals surface area (Å²) in [5.74, 6) is -0.634. The van der Waals surface area contributed by atoms with Gasteiger partial charge in [-0.25, -0.2) is 9.07 Å². The van der Waals surface area contributed by atoms with Gasteiger partial charge in [-0.2, -0.15) is 5.10 Å². The van der Waals surface area contributed by atoms with E-state index in [2.05, 4.69) is 15.7 Å². The molecule has 1 aliphatic rings. The van der Waals surface area contributed by atoms with Gasteiger partial charge in [0.15, 0.2) is 11.5 Å². The molecule has 2 aromatic heterocycles. The van der Waals surface area contributed by atoms with Crippen LogP contribution in [0.2, 0.25) is 0 Å². The molecular weight excluding hydrogens is 447 g/mol. The van der Waals surface area contributed by atoms with Crippen molar-refractivity contribution >= 4 is 17.5 Å². The number of benzene rings is 2. The van der Waals surface area contributed by atoms with E-state index in [1.54, 1.807) is 41.1 Å². The van der Waals surface area contributed by atoms with Crippen LogP contribution in [0.25, 0.3) is 5.69 Å². The van der Waals surface area contributed by atoms with Crippen LogP contribution in [0.15, 0.2) is 71.3 Å². The summed E-state index contributed by atoms with van der Waals surface area (Å²) in [6.45, 7) is 0.323. The Morgan fingerprint density at radius 3 is 2.46 bits per heavy atom. The van der Waals surface area contributed by atoms with Gasteiger partial charge >= 0.3 is 0 Å². The van der Waals surface area contributed by atoms with Gasteiger partial charge in [-0.15, -0.1) is 0 Å². The molecule has 0 atom stereocenters. The van der Waals surface area contributed by atoms with Crippen molar-refractivity contribution in [3.05, 3.63) is 101 Å². The SMILES string of the molecule is O=C(Nc1ccc(CNC(=O)c2nn(-c3ccc(F)cc3)c3c2CCCCC3)cc1)c1ccco1. The van der Waals surface area contributed by atoms with Crippen LogP contribution in [-0.4, -0.2) is 21.6 Å². The molecule has 0 spiro atoms. The summed E-state index contributed by atoms with van der Waals surface area (Å²) >= 11 is 0. The lowest BCUT2D eigenvalue weighted by Crippen LogP contribution is -2.24. The molecule has 2 amide bonds. The predicted octanol–water partition coefficient (Wildman–Crippen LogP) is 5.06. The van der Waals surface area contributed by atoms with Crippen LogP contribution in [-0.2, 0) is 19.4 Å². The Morgan fingerprint density at radius 1 is 0.943 bits per heavy atom. The summed E-state index contributed by atoms with van der Waals surface area (Å²) in [6.07, 6.45) is 6.21. The lowest BCUT2D eigenvalue weighted by molar-refractivity contribution is 0.0943. The number of fused-ring (bicyclic) bond motifs is 1. The number of furan rings is 1. The highest BCUT2D eigenvalue weighted by atomic mass is 19.1. The van der Waals surface area contributed by atoms with Crippen LogP contribution in [0.3, 0.4) is 0 Å². The van der Waals surface area contributed by atoms with Crippen molar-refractivity contribution in [2.24, 2.45) is 0 Å². The van der Waals surface area contributed by atoms with Gasteiger partial charge in [-0.3, -0.25) is 9.59 Å². The number of amides is 2. The van der Waals surface area contributed by atoms with E-state index in [4.69, 9.17) is 4.42 Å². The molecule has 0 saturated heterocycles. The fourth-order valence-corrected chi connectivity index (χ4v) is 4.33. The topological polar surface area (TPSA) is 89.2 Å². The Morgan fingerprint density at radius 2 is 1.71 bits per heavy atom. The molecule has 0 fully saturated rings. The molecule has 2 heterocycles. The lowest BCUT2D eigenvalue weighted by Gasteiger charge is -2.07. The molecule has 0 unspecified atom stereocenters. The minimum atomic E-state index is -0.325. The number of halogens is 1. The van der Waals surface area contributed by atoms with Crippen molar-refractivity contribution in [2.45, 2.75) is 38.6 Å². The van der Waals surface area contributed by atoms with Crippen molar-refractivity contribution in [3.8, 4) is 5.69 Å². The first-order chi connectivity index (χ1) is 17.1. The molecule has 5 rings (SSSR count). The first kappa shape index (κ1) is 22.6. The second-order valence-electron chi connectivity index (χ2n) is 8.53. The molecule has 35 heavy (non-hydrogen) atoms. The average Bonchev–Trinajstić information content (AvgIpc) is 3.47. The molecule has 1 aliphatic carbocycles. The Balaban J connectivity index is 1.29. The highest BCUT2D eigenvalue weighted by Gasteiger charge is 2.24. The molecule has 178 valence electrons. The van der Waals surface area contributed by atoms with E-state index < -0.39 is 0 Å². The van der Waals surface area contributed by atoms with Gasteiger partial charge in [-0.05, 0) is 79.8 Å². The van der Waals surface area contributed by atoms with Crippen molar-refractivity contribution in [2.75, 3.05) is 5.32 Å². The summed E-state index contributed by atoms with van der Waals surface area (Å²) in [5.41, 5.74) is 4.68. The van der Waals surface area contributed by atoms with Crippen LogP contribution in [0.5, 0.6) is 0 Å². The van der Waals surface area contributed by atoms with Gasteiger partial charge in [0.05, 0.1) is 12.0 Å². The minimum absolute atomic E-state index is 0.237. The molecule has 0 saturated carbocycles. The highest BCUT2D eigenvalue weighted by Crippen LogP contribution is 2.26. The molecule has 2 aromatic carbocycles. The van der Waals surface area contributed by atoms with E-state index in [1.165, 1.54) is 18.4 Å². The van der Waals surface area contributed by atoms with Gasteiger partial charge in [0, 0.05) is 23.5 Å². The van der Waals surface area contributed by atoms with E-state index in [0.717, 1.165) is 54.6 Å². The number of nitrogens with one attached hydrogen (secondary N) is 2. The number of rotatable bonds is 6.